The lowest BCUT2D eigenvalue weighted by molar-refractivity contribution is -0.127. The van der Waals surface area contributed by atoms with Crippen LogP contribution in [0, 0.1) is 5.92 Å². The van der Waals surface area contributed by atoms with Gasteiger partial charge in [-0.05, 0) is 17.5 Å². The molecule has 0 saturated carbocycles. The van der Waals surface area contributed by atoms with Crippen molar-refractivity contribution < 1.29 is 19.1 Å². The summed E-state index contributed by atoms with van der Waals surface area (Å²) in [7, 11) is 1.45. The number of carbonyl (C=O) groups is 2. The predicted octanol–water partition coefficient (Wildman–Crippen LogP) is 0.536. The Morgan fingerprint density at radius 1 is 1.32 bits per heavy atom. The van der Waals surface area contributed by atoms with E-state index in [0.29, 0.717) is 11.1 Å². The van der Waals surface area contributed by atoms with Gasteiger partial charge in [-0.2, -0.15) is 0 Å². The molecule has 3 N–H and O–H groups in total. The molecule has 1 atom stereocenters. The summed E-state index contributed by atoms with van der Waals surface area (Å²) in [6, 6.07) is 6.86. The second-order valence-electron chi connectivity index (χ2n) is 7.74. The molecule has 10 heteroatoms. The molecule has 1 aromatic heterocycles. The van der Waals surface area contributed by atoms with Gasteiger partial charge >= 0.3 is 11.7 Å². The highest BCUT2D eigenvalue weighted by Gasteiger charge is 2.36. The molecule has 10 nitrogen and oxygen atoms in total. The average molecular weight is 430 g/mol. The number of H-pyrrole nitrogens is 1. The van der Waals surface area contributed by atoms with Crippen molar-refractivity contribution in [2.75, 3.05) is 30.9 Å². The standard InChI is InChI=1S/C21H26N4O6/c1-12(2)11-25-17(22)16(18(26)23-21(25)29)24(8-9-30-3)19(27)15-10-13-6-4-5-7-14(13)20(28)31-15/h4-7,12,15H,8-11,22H2,1-3H3,(H,23,26,29)/t15-/m1/s1. The lowest BCUT2D eigenvalue weighted by Crippen LogP contribution is -2.49. The molecule has 1 aliphatic rings. The lowest BCUT2D eigenvalue weighted by atomic mass is 9.98. The Morgan fingerprint density at radius 3 is 2.71 bits per heavy atom. The highest BCUT2D eigenvalue weighted by Crippen LogP contribution is 2.25. The topological polar surface area (TPSA) is 137 Å². The monoisotopic (exact) mass is 430 g/mol. The van der Waals surface area contributed by atoms with E-state index in [2.05, 4.69) is 4.98 Å². The fraction of sp³-hybridized carbons (Fsp3) is 0.429. The fourth-order valence-electron chi connectivity index (χ4n) is 3.54. The van der Waals surface area contributed by atoms with E-state index in [1.165, 1.54) is 11.7 Å². The van der Waals surface area contributed by atoms with E-state index in [1.807, 2.05) is 13.8 Å². The number of anilines is 2. The van der Waals surface area contributed by atoms with Gasteiger partial charge in [0.15, 0.2) is 11.8 Å². The van der Waals surface area contributed by atoms with Gasteiger partial charge in [-0.3, -0.25) is 24.0 Å². The average Bonchev–Trinajstić information content (AvgIpc) is 2.72. The number of nitrogen functional groups attached to an aromatic ring is 1. The Bertz CT molecular complexity index is 1100. The zero-order valence-electron chi connectivity index (χ0n) is 17.7. The molecule has 1 aromatic carbocycles. The Labute approximate surface area is 178 Å². The third kappa shape index (κ3) is 4.53. The molecule has 1 aliphatic heterocycles. The van der Waals surface area contributed by atoms with E-state index in [9.17, 15) is 19.2 Å². The smallest absolute Gasteiger partial charge is 0.339 e. The molecule has 0 fully saturated rings. The van der Waals surface area contributed by atoms with Crippen LogP contribution in [0.2, 0.25) is 0 Å². The second-order valence-corrected chi connectivity index (χ2v) is 7.74. The number of ether oxygens (including phenoxy) is 2. The predicted molar refractivity (Wildman–Crippen MR) is 114 cm³/mol. The van der Waals surface area contributed by atoms with E-state index < -0.39 is 29.2 Å². The first-order valence-electron chi connectivity index (χ1n) is 9.96. The molecular formula is C21H26N4O6. The van der Waals surface area contributed by atoms with Crippen LogP contribution < -0.4 is 21.9 Å². The molecule has 31 heavy (non-hydrogen) atoms. The van der Waals surface area contributed by atoms with Crippen molar-refractivity contribution in [3.63, 3.8) is 0 Å². The molecular weight excluding hydrogens is 404 g/mol. The summed E-state index contributed by atoms with van der Waals surface area (Å²) in [6.45, 7) is 4.13. The number of aromatic amines is 1. The van der Waals surface area contributed by atoms with Crippen LogP contribution in [0.1, 0.15) is 29.8 Å². The highest BCUT2D eigenvalue weighted by atomic mass is 16.5. The zero-order chi connectivity index (χ0) is 22.7. The van der Waals surface area contributed by atoms with Crippen LogP contribution in [0.4, 0.5) is 11.5 Å². The van der Waals surface area contributed by atoms with Crippen molar-refractivity contribution in [2.24, 2.45) is 5.92 Å². The zero-order valence-corrected chi connectivity index (χ0v) is 17.7. The van der Waals surface area contributed by atoms with Crippen LogP contribution in [-0.2, 0) is 27.2 Å². The van der Waals surface area contributed by atoms with Gasteiger partial charge in [-0.15, -0.1) is 0 Å². The maximum absolute atomic E-state index is 13.4. The Balaban J connectivity index is 2.03. The third-order valence-electron chi connectivity index (χ3n) is 4.98. The van der Waals surface area contributed by atoms with Crippen LogP contribution in [0.25, 0.3) is 0 Å². The maximum Gasteiger partial charge on any atom is 0.339 e. The molecule has 166 valence electrons. The minimum Gasteiger partial charge on any atom is -0.448 e. The summed E-state index contributed by atoms with van der Waals surface area (Å²) in [6.07, 6.45) is -0.975. The molecule has 1 amide bonds. The van der Waals surface area contributed by atoms with Crippen LogP contribution >= 0.6 is 0 Å². The van der Waals surface area contributed by atoms with E-state index in [4.69, 9.17) is 15.2 Å². The summed E-state index contributed by atoms with van der Waals surface area (Å²) in [5, 5.41) is 0. The quantitative estimate of drug-likeness (QED) is 0.612. The van der Waals surface area contributed by atoms with Crippen molar-refractivity contribution in [1.82, 2.24) is 9.55 Å². The van der Waals surface area contributed by atoms with E-state index in [-0.39, 0.29) is 43.5 Å². The number of hydrogen-bond acceptors (Lipinski definition) is 7. The molecule has 0 bridgehead atoms. The van der Waals surface area contributed by atoms with Gasteiger partial charge < -0.3 is 15.2 Å². The largest absolute Gasteiger partial charge is 0.448 e. The number of carbonyl (C=O) groups excluding carboxylic acids is 2. The van der Waals surface area contributed by atoms with E-state index in [1.54, 1.807) is 24.3 Å². The second kappa shape index (κ2) is 9.17. The number of aromatic nitrogens is 2. The van der Waals surface area contributed by atoms with Gasteiger partial charge in [0.2, 0.25) is 0 Å². The Kier molecular flexibility index (Phi) is 6.59. The number of amides is 1. The fourth-order valence-corrected chi connectivity index (χ4v) is 3.54. The first-order chi connectivity index (χ1) is 14.7. The van der Waals surface area contributed by atoms with Crippen LogP contribution in [-0.4, -0.2) is 47.8 Å². The van der Waals surface area contributed by atoms with E-state index >= 15 is 0 Å². The molecule has 2 heterocycles. The van der Waals surface area contributed by atoms with Gasteiger partial charge in [0.1, 0.15) is 5.82 Å². The number of methoxy groups -OCH3 is 1. The Morgan fingerprint density at radius 2 is 2.03 bits per heavy atom. The van der Waals surface area contributed by atoms with Gasteiger partial charge in [0, 0.05) is 26.6 Å². The van der Waals surface area contributed by atoms with Gasteiger partial charge in [-0.1, -0.05) is 32.0 Å². The number of benzene rings is 1. The summed E-state index contributed by atoms with van der Waals surface area (Å²) < 4.78 is 11.7. The number of hydrogen-bond donors (Lipinski definition) is 2. The normalized spacial score (nSPS) is 15.5. The number of fused-ring (bicyclic) bond motifs is 1. The summed E-state index contributed by atoms with van der Waals surface area (Å²) in [5.74, 6) is -1.29. The van der Waals surface area contributed by atoms with Crippen LogP contribution in [0.3, 0.4) is 0 Å². The summed E-state index contributed by atoms with van der Waals surface area (Å²) in [5.41, 5.74) is 5.63. The maximum atomic E-state index is 13.4. The first-order valence-corrected chi connectivity index (χ1v) is 9.96. The van der Waals surface area contributed by atoms with Gasteiger partial charge in [-0.25, -0.2) is 9.59 Å². The SMILES string of the molecule is COCCN(C(=O)[C@H]1Cc2ccccc2C(=O)O1)c1c(N)n(CC(C)C)c(=O)[nH]c1=O. The molecule has 0 aliphatic carbocycles. The summed E-state index contributed by atoms with van der Waals surface area (Å²) >= 11 is 0. The molecule has 2 aromatic rings. The van der Waals surface area contributed by atoms with Crippen LogP contribution in [0.5, 0.6) is 0 Å². The van der Waals surface area contributed by atoms with Gasteiger partial charge in [0.25, 0.3) is 11.5 Å². The molecule has 0 spiro atoms. The number of nitrogens with one attached hydrogen (secondary N) is 1. The molecule has 0 radical (unpaired) electrons. The lowest BCUT2D eigenvalue weighted by Gasteiger charge is -2.30. The molecule has 0 saturated heterocycles. The van der Waals surface area contributed by atoms with Crippen molar-refractivity contribution >= 4 is 23.4 Å². The Hall–Kier alpha value is -3.40. The van der Waals surface area contributed by atoms with E-state index in [0.717, 1.165) is 4.90 Å². The number of nitrogens with two attached hydrogens (primary N) is 1. The van der Waals surface area contributed by atoms with Crippen molar-refractivity contribution in [1.29, 1.82) is 0 Å². The van der Waals surface area contributed by atoms with Crippen molar-refractivity contribution in [3.8, 4) is 0 Å². The number of esters is 1. The van der Waals surface area contributed by atoms with Crippen LogP contribution in [0.15, 0.2) is 33.9 Å². The number of cyclic esters (lactones) is 1. The minimum absolute atomic E-state index is 0.0157. The van der Waals surface area contributed by atoms with Gasteiger partial charge in [0.05, 0.1) is 12.2 Å². The molecule has 0 unspecified atom stereocenters. The number of nitrogens with zero attached hydrogens (tertiary/aromatic N) is 2. The minimum atomic E-state index is -1.14. The summed E-state index contributed by atoms with van der Waals surface area (Å²) in [4.78, 5) is 54.0. The highest BCUT2D eigenvalue weighted by molar-refractivity contribution is 6.02. The van der Waals surface area contributed by atoms with Crippen molar-refractivity contribution in [2.45, 2.75) is 32.9 Å². The molecule has 3 rings (SSSR count). The number of rotatable bonds is 7. The first kappa shape index (κ1) is 22.3. The van der Waals surface area contributed by atoms with Crippen molar-refractivity contribution in [3.05, 3.63) is 56.2 Å². The third-order valence-corrected chi connectivity index (χ3v) is 4.98.